The highest BCUT2D eigenvalue weighted by Crippen LogP contribution is 2.33. The molecule has 3 nitrogen and oxygen atoms in total. The average Bonchev–Trinajstić information content (AvgIpc) is 3.31. The van der Waals surface area contributed by atoms with Crippen molar-refractivity contribution in [3.05, 3.63) is 0 Å². The predicted molar refractivity (Wildman–Crippen MR) is 80.5 cm³/mol. The Morgan fingerprint density at radius 2 is 1.58 bits per heavy atom. The molecule has 2 saturated heterocycles. The van der Waals surface area contributed by atoms with Gasteiger partial charge in [-0.15, -0.1) is 0 Å². The minimum absolute atomic E-state index is 0.894. The van der Waals surface area contributed by atoms with E-state index < -0.39 is 0 Å². The molecule has 0 aromatic carbocycles. The maximum atomic E-state index is 3.50. The van der Waals surface area contributed by atoms with Crippen molar-refractivity contribution >= 4 is 0 Å². The van der Waals surface area contributed by atoms with E-state index in [9.17, 15) is 0 Å². The van der Waals surface area contributed by atoms with Gasteiger partial charge in [-0.3, -0.25) is 4.90 Å². The van der Waals surface area contributed by atoms with E-state index in [0.29, 0.717) is 0 Å². The monoisotopic (exact) mass is 265 g/mol. The van der Waals surface area contributed by atoms with Crippen LogP contribution in [-0.4, -0.2) is 61.2 Å². The van der Waals surface area contributed by atoms with Crippen LogP contribution in [0.5, 0.6) is 0 Å². The summed E-state index contributed by atoms with van der Waals surface area (Å²) in [5, 5.41) is 3.50. The first-order chi connectivity index (χ1) is 9.36. The van der Waals surface area contributed by atoms with Gasteiger partial charge in [0.15, 0.2) is 0 Å². The van der Waals surface area contributed by atoms with Crippen LogP contribution in [0.25, 0.3) is 0 Å². The van der Waals surface area contributed by atoms with Gasteiger partial charge in [0.05, 0.1) is 0 Å². The maximum Gasteiger partial charge on any atom is 0.0123 e. The van der Waals surface area contributed by atoms with Crippen LogP contribution in [0.1, 0.15) is 45.4 Å². The second kappa shape index (κ2) is 6.55. The van der Waals surface area contributed by atoms with Gasteiger partial charge in [-0.1, -0.05) is 6.92 Å². The van der Waals surface area contributed by atoms with Gasteiger partial charge in [0.25, 0.3) is 0 Å². The van der Waals surface area contributed by atoms with Gasteiger partial charge in [0.2, 0.25) is 0 Å². The molecule has 1 saturated carbocycles. The third-order valence-corrected chi connectivity index (χ3v) is 5.42. The van der Waals surface area contributed by atoms with Crippen molar-refractivity contribution in [1.29, 1.82) is 0 Å². The Labute approximate surface area is 118 Å². The van der Waals surface area contributed by atoms with E-state index in [-0.39, 0.29) is 0 Å². The van der Waals surface area contributed by atoms with Crippen molar-refractivity contribution in [2.75, 3.05) is 39.3 Å². The fourth-order valence-corrected chi connectivity index (χ4v) is 3.93. The van der Waals surface area contributed by atoms with E-state index in [1.165, 1.54) is 77.8 Å². The van der Waals surface area contributed by atoms with Crippen LogP contribution >= 0.6 is 0 Å². The summed E-state index contributed by atoms with van der Waals surface area (Å²) < 4.78 is 0. The molecule has 3 heteroatoms. The summed E-state index contributed by atoms with van der Waals surface area (Å²) in [5.74, 6) is 0.964. The van der Waals surface area contributed by atoms with Crippen molar-refractivity contribution < 1.29 is 0 Å². The lowest BCUT2D eigenvalue weighted by Gasteiger charge is -2.40. The zero-order valence-corrected chi connectivity index (χ0v) is 12.6. The number of rotatable bonds is 5. The predicted octanol–water partition coefficient (Wildman–Crippen LogP) is 1.93. The van der Waals surface area contributed by atoms with Crippen molar-refractivity contribution in [1.82, 2.24) is 15.1 Å². The highest BCUT2D eigenvalue weighted by Gasteiger charge is 2.36. The van der Waals surface area contributed by atoms with Gasteiger partial charge in [-0.05, 0) is 77.2 Å². The fraction of sp³-hybridized carbons (Fsp3) is 1.00. The second-order valence-corrected chi connectivity index (χ2v) is 6.79. The molecular formula is C16H31N3. The molecule has 0 unspecified atom stereocenters. The molecule has 1 N–H and O–H groups in total. The topological polar surface area (TPSA) is 18.5 Å². The first-order valence-corrected chi connectivity index (χ1v) is 8.55. The molecule has 0 aromatic rings. The summed E-state index contributed by atoms with van der Waals surface area (Å²) in [7, 11) is 0. The Hall–Kier alpha value is -0.120. The Morgan fingerprint density at radius 1 is 0.947 bits per heavy atom. The zero-order valence-electron chi connectivity index (χ0n) is 12.6. The SMILES string of the molecule is CCN1CCC(N(CC2CCNCC2)C2CC2)CC1. The summed E-state index contributed by atoms with van der Waals surface area (Å²) in [4.78, 5) is 5.54. The fourth-order valence-electron chi connectivity index (χ4n) is 3.93. The van der Waals surface area contributed by atoms with Crippen LogP contribution < -0.4 is 5.32 Å². The molecule has 0 radical (unpaired) electrons. The van der Waals surface area contributed by atoms with E-state index in [2.05, 4.69) is 22.0 Å². The van der Waals surface area contributed by atoms with Crippen molar-refractivity contribution in [3.63, 3.8) is 0 Å². The van der Waals surface area contributed by atoms with Crippen LogP contribution in [-0.2, 0) is 0 Å². The van der Waals surface area contributed by atoms with E-state index >= 15 is 0 Å². The molecule has 2 aliphatic heterocycles. The van der Waals surface area contributed by atoms with Gasteiger partial charge in [0, 0.05) is 18.6 Å². The summed E-state index contributed by atoms with van der Waals surface area (Å²) in [6.07, 6.45) is 8.57. The average molecular weight is 265 g/mol. The molecule has 1 aliphatic carbocycles. The van der Waals surface area contributed by atoms with E-state index in [0.717, 1.165) is 18.0 Å². The Bertz CT molecular complexity index is 263. The van der Waals surface area contributed by atoms with Crippen molar-refractivity contribution in [2.45, 2.75) is 57.5 Å². The number of hydrogen-bond donors (Lipinski definition) is 1. The molecule has 3 rings (SSSR count). The molecule has 3 aliphatic rings. The number of nitrogens with one attached hydrogen (secondary N) is 1. The number of piperidine rings is 2. The lowest BCUT2D eigenvalue weighted by molar-refractivity contribution is 0.0845. The molecule has 0 spiro atoms. The van der Waals surface area contributed by atoms with Crippen LogP contribution in [0.3, 0.4) is 0 Å². The summed E-state index contributed by atoms with van der Waals surface area (Å²) in [5.41, 5.74) is 0. The molecule has 19 heavy (non-hydrogen) atoms. The first-order valence-electron chi connectivity index (χ1n) is 8.55. The van der Waals surface area contributed by atoms with Crippen LogP contribution in [0, 0.1) is 5.92 Å². The van der Waals surface area contributed by atoms with Gasteiger partial charge in [-0.25, -0.2) is 0 Å². The molecule has 110 valence electrons. The second-order valence-electron chi connectivity index (χ2n) is 6.79. The Morgan fingerprint density at radius 3 is 2.16 bits per heavy atom. The third kappa shape index (κ3) is 3.71. The lowest BCUT2D eigenvalue weighted by atomic mass is 9.95. The molecule has 0 bridgehead atoms. The number of nitrogens with zero attached hydrogens (tertiary/aromatic N) is 2. The highest BCUT2D eigenvalue weighted by molar-refractivity contribution is 4.92. The molecule has 0 aromatic heterocycles. The third-order valence-electron chi connectivity index (χ3n) is 5.42. The van der Waals surface area contributed by atoms with E-state index in [1.807, 2.05) is 0 Å². The lowest BCUT2D eigenvalue weighted by Crippen LogP contribution is -2.48. The van der Waals surface area contributed by atoms with Gasteiger partial charge >= 0.3 is 0 Å². The van der Waals surface area contributed by atoms with Gasteiger partial charge in [-0.2, -0.15) is 0 Å². The summed E-state index contributed by atoms with van der Waals surface area (Å²) in [6, 6.07) is 1.85. The molecule has 2 heterocycles. The molecule has 0 atom stereocenters. The maximum absolute atomic E-state index is 3.50. The van der Waals surface area contributed by atoms with Crippen LogP contribution in [0.15, 0.2) is 0 Å². The van der Waals surface area contributed by atoms with E-state index in [1.54, 1.807) is 0 Å². The standard InChI is InChI=1S/C16H31N3/c1-2-18-11-7-16(8-12-18)19(15-3-4-15)13-14-5-9-17-10-6-14/h14-17H,2-13H2,1H3. The van der Waals surface area contributed by atoms with Crippen LogP contribution in [0.2, 0.25) is 0 Å². The molecule has 0 amide bonds. The highest BCUT2D eigenvalue weighted by atomic mass is 15.2. The first kappa shape index (κ1) is 13.8. The molecule has 3 fully saturated rings. The van der Waals surface area contributed by atoms with Crippen LogP contribution in [0.4, 0.5) is 0 Å². The van der Waals surface area contributed by atoms with Crippen molar-refractivity contribution in [2.24, 2.45) is 5.92 Å². The number of likely N-dealkylation sites (tertiary alicyclic amines) is 1. The number of hydrogen-bond acceptors (Lipinski definition) is 3. The summed E-state index contributed by atoms with van der Waals surface area (Å²) in [6.45, 7) is 10.1. The van der Waals surface area contributed by atoms with Gasteiger partial charge < -0.3 is 10.2 Å². The summed E-state index contributed by atoms with van der Waals surface area (Å²) >= 11 is 0. The zero-order chi connectivity index (χ0) is 13.1. The molecular weight excluding hydrogens is 234 g/mol. The van der Waals surface area contributed by atoms with Crippen molar-refractivity contribution in [3.8, 4) is 0 Å². The Kier molecular flexibility index (Phi) is 4.78. The largest absolute Gasteiger partial charge is 0.317 e. The Balaban J connectivity index is 1.52. The minimum Gasteiger partial charge on any atom is -0.317 e. The minimum atomic E-state index is 0.894. The van der Waals surface area contributed by atoms with E-state index in [4.69, 9.17) is 0 Å². The smallest absolute Gasteiger partial charge is 0.0123 e. The normalized spacial score (nSPS) is 28.1. The quantitative estimate of drug-likeness (QED) is 0.819. The van der Waals surface area contributed by atoms with Gasteiger partial charge in [0.1, 0.15) is 0 Å².